The Morgan fingerprint density at radius 1 is 1.38 bits per heavy atom. The predicted octanol–water partition coefficient (Wildman–Crippen LogP) is 3.47. The predicted molar refractivity (Wildman–Crippen MR) is 98.8 cm³/mol. The molecule has 1 aromatic rings. The number of hydrogen-bond acceptors (Lipinski definition) is 4. The van der Waals surface area contributed by atoms with E-state index < -0.39 is 0 Å². The smallest absolute Gasteiger partial charge is 0.179 e. The molecule has 1 aliphatic heterocycles. The lowest BCUT2D eigenvalue weighted by Crippen LogP contribution is -2.47. The van der Waals surface area contributed by atoms with Crippen LogP contribution < -0.4 is 14.8 Å². The van der Waals surface area contributed by atoms with Crippen molar-refractivity contribution in [3.63, 3.8) is 0 Å². The fraction of sp³-hybridized carbons (Fsp3) is 0.412. The number of ether oxygens (including phenoxy) is 2. The van der Waals surface area contributed by atoms with Gasteiger partial charge in [-0.05, 0) is 50.7 Å². The van der Waals surface area contributed by atoms with E-state index in [1.165, 1.54) is 7.11 Å². The van der Waals surface area contributed by atoms with Gasteiger partial charge in [0.25, 0.3) is 0 Å². The van der Waals surface area contributed by atoms with Crippen LogP contribution >= 0.6 is 23.8 Å². The van der Waals surface area contributed by atoms with Gasteiger partial charge in [-0.2, -0.15) is 0 Å². The lowest BCUT2D eigenvalue weighted by Gasteiger charge is -2.37. The van der Waals surface area contributed by atoms with Gasteiger partial charge in [-0.15, -0.1) is 0 Å². The largest absolute Gasteiger partial charge is 0.493 e. The zero-order chi connectivity index (χ0) is 18.0. The highest BCUT2D eigenvalue weighted by molar-refractivity contribution is 7.80. The van der Waals surface area contributed by atoms with E-state index in [9.17, 15) is 4.79 Å². The Labute approximate surface area is 152 Å². The molecule has 1 aliphatic rings. The number of rotatable bonds is 5. The lowest BCUT2D eigenvalue weighted by molar-refractivity contribution is -0.114. The molecule has 0 amide bonds. The molecule has 0 fully saturated rings. The molecule has 0 aliphatic carbocycles. The number of halogens is 1. The van der Waals surface area contributed by atoms with Crippen LogP contribution in [-0.4, -0.2) is 36.6 Å². The number of carbonyl (C=O) groups excluding carboxylic acids is 1. The number of Topliss-reactive ketones (excluding diaryl/α,β-unsaturated/α-hetero) is 1. The van der Waals surface area contributed by atoms with E-state index in [-0.39, 0.29) is 11.8 Å². The van der Waals surface area contributed by atoms with Crippen molar-refractivity contribution in [2.75, 3.05) is 20.8 Å². The first-order valence-electron chi connectivity index (χ1n) is 7.56. The molecular weight excluding hydrogens is 348 g/mol. The zero-order valence-electron chi connectivity index (χ0n) is 14.4. The maximum atomic E-state index is 12.3. The fourth-order valence-corrected chi connectivity index (χ4v) is 3.65. The molecule has 7 heteroatoms. The van der Waals surface area contributed by atoms with Crippen molar-refractivity contribution in [2.24, 2.45) is 0 Å². The molecule has 0 saturated heterocycles. The summed E-state index contributed by atoms with van der Waals surface area (Å²) < 4.78 is 10.6. The SMILES string of the molecule is CCN1C(=S)NC(c2cc(Cl)c(OC)c(OC)c2)C(C(C)=O)=C1C. The molecule has 1 heterocycles. The summed E-state index contributed by atoms with van der Waals surface area (Å²) in [5.41, 5.74) is 2.30. The fourth-order valence-electron chi connectivity index (χ4n) is 2.97. The molecule has 2 rings (SSSR count). The van der Waals surface area contributed by atoms with E-state index >= 15 is 0 Å². The van der Waals surface area contributed by atoms with Crippen molar-refractivity contribution < 1.29 is 14.3 Å². The van der Waals surface area contributed by atoms with Gasteiger partial charge in [-0.25, -0.2) is 0 Å². The van der Waals surface area contributed by atoms with Crippen LogP contribution in [0.3, 0.4) is 0 Å². The maximum absolute atomic E-state index is 12.3. The second-order valence-electron chi connectivity index (χ2n) is 5.42. The Balaban J connectivity index is 2.62. The van der Waals surface area contributed by atoms with E-state index in [2.05, 4.69) is 5.32 Å². The minimum atomic E-state index is -0.380. The van der Waals surface area contributed by atoms with Gasteiger partial charge in [0.2, 0.25) is 0 Å². The van der Waals surface area contributed by atoms with Crippen molar-refractivity contribution in [3.8, 4) is 11.5 Å². The van der Waals surface area contributed by atoms with Crippen LogP contribution in [0.2, 0.25) is 5.02 Å². The van der Waals surface area contributed by atoms with Gasteiger partial charge in [0, 0.05) is 17.8 Å². The van der Waals surface area contributed by atoms with Crippen LogP contribution in [0, 0.1) is 0 Å². The number of hydrogen-bond donors (Lipinski definition) is 1. The Hall–Kier alpha value is -1.79. The topological polar surface area (TPSA) is 50.8 Å². The minimum Gasteiger partial charge on any atom is -0.493 e. The number of benzene rings is 1. The van der Waals surface area contributed by atoms with Gasteiger partial charge in [0.1, 0.15) is 0 Å². The molecule has 0 saturated carbocycles. The average Bonchev–Trinajstić information content (AvgIpc) is 2.53. The number of nitrogens with zero attached hydrogens (tertiary/aromatic N) is 1. The summed E-state index contributed by atoms with van der Waals surface area (Å²) in [5.74, 6) is 0.949. The molecule has 0 spiro atoms. The molecule has 0 aromatic heterocycles. The quantitative estimate of drug-likeness (QED) is 0.803. The third-order valence-corrected chi connectivity index (χ3v) is 4.70. The van der Waals surface area contributed by atoms with Gasteiger partial charge < -0.3 is 19.7 Å². The van der Waals surface area contributed by atoms with E-state index in [1.807, 2.05) is 24.8 Å². The third kappa shape index (κ3) is 3.21. The molecule has 0 radical (unpaired) electrons. The summed E-state index contributed by atoms with van der Waals surface area (Å²) in [4.78, 5) is 14.2. The Kier molecular flexibility index (Phi) is 5.72. The first kappa shape index (κ1) is 18.5. The minimum absolute atomic E-state index is 0.0168. The van der Waals surface area contributed by atoms with Crippen LogP contribution in [0.25, 0.3) is 0 Å². The highest BCUT2D eigenvalue weighted by Crippen LogP contribution is 2.40. The Bertz CT molecular complexity index is 718. The number of nitrogens with one attached hydrogen (secondary N) is 1. The normalized spacial score (nSPS) is 17.7. The van der Waals surface area contributed by atoms with Crippen LogP contribution in [0.15, 0.2) is 23.4 Å². The van der Waals surface area contributed by atoms with Gasteiger partial charge in [-0.1, -0.05) is 11.6 Å². The van der Waals surface area contributed by atoms with Crippen molar-refractivity contribution in [1.29, 1.82) is 0 Å². The van der Waals surface area contributed by atoms with Crippen molar-refractivity contribution >= 4 is 34.7 Å². The Morgan fingerprint density at radius 2 is 2.04 bits per heavy atom. The van der Waals surface area contributed by atoms with Crippen LogP contribution in [-0.2, 0) is 4.79 Å². The van der Waals surface area contributed by atoms with Crippen LogP contribution in [0.5, 0.6) is 11.5 Å². The standard InChI is InChI=1S/C17H21ClN2O3S/c1-6-20-9(2)14(10(3)21)15(19-17(20)24)11-7-12(18)16(23-5)13(8-11)22-4/h7-8,15H,6H2,1-5H3,(H,19,24). The van der Waals surface area contributed by atoms with Crippen molar-refractivity contribution in [1.82, 2.24) is 10.2 Å². The summed E-state index contributed by atoms with van der Waals surface area (Å²) in [5, 5.41) is 4.23. The first-order chi connectivity index (χ1) is 11.3. The number of carbonyl (C=O) groups is 1. The van der Waals surface area contributed by atoms with Gasteiger partial charge in [0.15, 0.2) is 22.4 Å². The highest BCUT2D eigenvalue weighted by Gasteiger charge is 2.32. The van der Waals surface area contributed by atoms with Gasteiger partial charge >= 0.3 is 0 Å². The van der Waals surface area contributed by atoms with Crippen molar-refractivity contribution in [3.05, 3.63) is 34.0 Å². The number of methoxy groups -OCH3 is 2. The van der Waals surface area contributed by atoms with Crippen LogP contribution in [0.1, 0.15) is 32.4 Å². The van der Waals surface area contributed by atoms with E-state index in [4.69, 9.17) is 33.3 Å². The molecule has 1 aromatic carbocycles. The number of allylic oxidation sites excluding steroid dienone is 1. The number of thiocarbonyl (C=S) groups is 1. The monoisotopic (exact) mass is 368 g/mol. The first-order valence-corrected chi connectivity index (χ1v) is 8.35. The van der Waals surface area contributed by atoms with Gasteiger partial charge in [-0.3, -0.25) is 4.79 Å². The summed E-state index contributed by atoms with van der Waals surface area (Å²) in [6.07, 6.45) is 0. The summed E-state index contributed by atoms with van der Waals surface area (Å²) in [6.45, 7) is 6.14. The van der Waals surface area contributed by atoms with E-state index in [0.29, 0.717) is 33.8 Å². The molecule has 5 nitrogen and oxygen atoms in total. The van der Waals surface area contributed by atoms with Crippen molar-refractivity contribution in [2.45, 2.75) is 26.8 Å². The second-order valence-corrected chi connectivity index (χ2v) is 6.21. The average molecular weight is 369 g/mol. The molecular formula is C17H21ClN2O3S. The second kappa shape index (κ2) is 7.40. The Morgan fingerprint density at radius 3 is 2.54 bits per heavy atom. The van der Waals surface area contributed by atoms with E-state index in [0.717, 1.165) is 11.3 Å². The summed E-state index contributed by atoms with van der Waals surface area (Å²) in [7, 11) is 3.07. The molecule has 130 valence electrons. The molecule has 0 bridgehead atoms. The summed E-state index contributed by atoms with van der Waals surface area (Å²) >= 11 is 11.8. The van der Waals surface area contributed by atoms with Gasteiger partial charge in [0.05, 0.1) is 25.3 Å². The molecule has 1 unspecified atom stereocenters. The van der Waals surface area contributed by atoms with Crippen LogP contribution in [0.4, 0.5) is 0 Å². The third-order valence-electron chi connectivity index (χ3n) is 4.08. The maximum Gasteiger partial charge on any atom is 0.179 e. The van der Waals surface area contributed by atoms with E-state index in [1.54, 1.807) is 20.1 Å². The lowest BCUT2D eigenvalue weighted by atomic mass is 9.92. The molecule has 1 N–H and O–H groups in total. The summed E-state index contributed by atoms with van der Waals surface area (Å²) in [6, 6.07) is 3.19. The molecule has 24 heavy (non-hydrogen) atoms. The highest BCUT2D eigenvalue weighted by atomic mass is 35.5. The number of ketones is 1. The zero-order valence-corrected chi connectivity index (χ0v) is 16.0. The molecule has 1 atom stereocenters.